The summed E-state index contributed by atoms with van der Waals surface area (Å²) in [6, 6.07) is 12.6. The van der Waals surface area contributed by atoms with Gasteiger partial charge >= 0.3 is 0 Å². The standard InChI is InChI=1S/C28H37N3O4/c1-18-10-19(2)12-22(11-18)26-25(27(31-30-26)33-16-28(4,5)15-32)20(3)14-29-9-8-21-6-7-23-24(13-21)35-17-34-23/h6-7,10-13,20,29,32H,8-9,14-17H2,1-5H3,(H,30,31)/t20-/m1/s1. The van der Waals surface area contributed by atoms with Crippen molar-refractivity contribution in [2.75, 3.05) is 33.1 Å². The van der Waals surface area contributed by atoms with Gasteiger partial charge in [-0.15, -0.1) is 5.10 Å². The van der Waals surface area contributed by atoms with Crippen LogP contribution in [0.15, 0.2) is 36.4 Å². The highest BCUT2D eigenvalue weighted by atomic mass is 16.7. The zero-order valence-electron chi connectivity index (χ0n) is 21.4. The summed E-state index contributed by atoms with van der Waals surface area (Å²) in [5.41, 5.74) is 6.43. The number of aromatic nitrogens is 2. The van der Waals surface area contributed by atoms with Crippen LogP contribution < -0.4 is 19.5 Å². The summed E-state index contributed by atoms with van der Waals surface area (Å²) in [6.07, 6.45) is 0.896. The summed E-state index contributed by atoms with van der Waals surface area (Å²) in [4.78, 5) is 0. The minimum Gasteiger partial charge on any atom is -0.476 e. The van der Waals surface area contributed by atoms with Crippen LogP contribution in [0.25, 0.3) is 11.3 Å². The van der Waals surface area contributed by atoms with E-state index in [-0.39, 0.29) is 17.9 Å². The molecule has 0 aliphatic carbocycles. The topological polar surface area (TPSA) is 88.6 Å². The van der Waals surface area contributed by atoms with E-state index in [1.807, 2.05) is 19.9 Å². The number of hydrogen-bond donors (Lipinski definition) is 3. The highest BCUT2D eigenvalue weighted by molar-refractivity contribution is 5.67. The van der Waals surface area contributed by atoms with Gasteiger partial charge in [0, 0.05) is 29.0 Å². The lowest BCUT2D eigenvalue weighted by Gasteiger charge is -2.22. The minimum absolute atomic E-state index is 0.0493. The second-order valence-electron chi connectivity index (χ2n) is 10.3. The maximum Gasteiger partial charge on any atom is 0.236 e. The lowest BCUT2D eigenvalue weighted by Crippen LogP contribution is -2.26. The molecule has 1 atom stereocenters. The van der Waals surface area contributed by atoms with Crippen LogP contribution in [-0.4, -0.2) is 48.4 Å². The molecule has 188 valence electrons. The number of ether oxygens (including phenoxy) is 3. The Morgan fingerprint density at radius 3 is 2.60 bits per heavy atom. The van der Waals surface area contributed by atoms with E-state index in [0.717, 1.165) is 47.8 Å². The number of aliphatic hydroxyl groups excluding tert-OH is 1. The molecule has 7 heteroatoms. The molecule has 1 aliphatic rings. The van der Waals surface area contributed by atoms with Crippen molar-refractivity contribution in [1.82, 2.24) is 15.5 Å². The number of nitrogens with zero attached hydrogens (tertiary/aromatic N) is 1. The molecule has 0 amide bonds. The number of H-pyrrole nitrogens is 1. The first-order chi connectivity index (χ1) is 16.8. The molecule has 0 bridgehead atoms. The van der Waals surface area contributed by atoms with Crippen LogP contribution in [0, 0.1) is 19.3 Å². The molecule has 35 heavy (non-hydrogen) atoms. The Morgan fingerprint density at radius 1 is 1.11 bits per heavy atom. The molecule has 1 aliphatic heterocycles. The molecule has 0 spiro atoms. The molecular formula is C28H37N3O4. The summed E-state index contributed by atoms with van der Waals surface area (Å²) >= 11 is 0. The Bertz CT molecular complexity index is 1130. The monoisotopic (exact) mass is 479 g/mol. The highest BCUT2D eigenvalue weighted by Gasteiger charge is 2.25. The lowest BCUT2D eigenvalue weighted by atomic mass is 9.95. The fraction of sp³-hybridized carbons (Fsp3) is 0.464. The van der Waals surface area contributed by atoms with Gasteiger partial charge in [0.2, 0.25) is 12.7 Å². The third kappa shape index (κ3) is 6.16. The molecular weight excluding hydrogens is 442 g/mol. The molecule has 3 aromatic rings. The molecule has 2 heterocycles. The Morgan fingerprint density at radius 2 is 1.86 bits per heavy atom. The second kappa shape index (κ2) is 10.7. The number of aromatic amines is 1. The number of aliphatic hydroxyl groups is 1. The van der Waals surface area contributed by atoms with E-state index in [1.165, 1.54) is 16.7 Å². The number of rotatable bonds is 11. The first-order valence-electron chi connectivity index (χ1n) is 12.3. The summed E-state index contributed by atoms with van der Waals surface area (Å²) in [6.45, 7) is 12.7. The molecule has 1 aromatic heterocycles. The summed E-state index contributed by atoms with van der Waals surface area (Å²) in [7, 11) is 0. The number of nitrogens with one attached hydrogen (secondary N) is 2. The maximum atomic E-state index is 9.65. The molecule has 7 nitrogen and oxygen atoms in total. The smallest absolute Gasteiger partial charge is 0.236 e. The van der Waals surface area contributed by atoms with Crippen molar-refractivity contribution in [1.29, 1.82) is 0 Å². The quantitative estimate of drug-likeness (QED) is 0.344. The molecule has 0 saturated carbocycles. The average molecular weight is 480 g/mol. The lowest BCUT2D eigenvalue weighted by molar-refractivity contribution is 0.0944. The van der Waals surface area contributed by atoms with Crippen molar-refractivity contribution in [3.8, 4) is 28.6 Å². The zero-order chi connectivity index (χ0) is 25.0. The molecule has 0 unspecified atom stereocenters. The molecule has 3 N–H and O–H groups in total. The average Bonchev–Trinajstić information content (AvgIpc) is 3.46. The van der Waals surface area contributed by atoms with Gasteiger partial charge in [0.05, 0.1) is 18.9 Å². The number of benzene rings is 2. The first-order valence-corrected chi connectivity index (χ1v) is 12.3. The van der Waals surface area contributed by atoms with Crippen LogP contribution in [0.4, 0.5) is 0 Å². The van der Waals surface area contributed by atoms with Crippen LogP contribution in [0.1, 0.15) is 48.9 Å². The van der Waals surface area contributed by atoms with Crippen molar-refractivity contribution in [3.63, 3.8) is 0 Å². The third-order valence-electron chi connectivity index (χ3n) is 6.28. The van der Waals surface area contributed by atoms with Crippen molar-refractivity contribution in [3.05, 3.63) is 58.7 Å². The largest absolute Gasteiger partial charge is 0.476 e. The van der Waals surface area contributed by atoms with Gasteiger partial charge in [0.25, 0.3) is 0 Å². The molecule has 4 rings (SSSR count). The normalized spacial score (nSPS) is 13.8. The van der Waals surface area contributed by atoms with Gasteiger partial charge < -0.3 is 24.6 Å². The van der Waals surface area contributed by atoms with Gasteiger partial charge in [-0.25, -0.2) is 0 Å². The van der Waals surface area contributed by atoms with Crippen LogP contribution >= 0.6 is 0 Å². The number of aryl methyl sites for hydroxylation is 2. The highest BCUT2D eigenvalue weighted by Crippen LogP contribution is 2.36. The zero-order valence-corrected chi connectivity index (χ0v) is 21.4. The van der Waals surface area contributed by atoms with E-state index in [9.17, 15) is 5.11 Å². The van der Waals surface area contributed by atoms with Gasteiger partial charge in [0.1, 0.15) is 0 Å². The fourth-order valence-electron chi connectivity index (χ4n) is 4.30. The van der Waals surface area contributed by atoms with Crippen molar-refractivity contribution in [2.45, 2.75) is 47.0 Å². The third-order valence-corrected chi connectivity index (χ3v) is 6.28. The Kier molecular flexibility index (Phi) is 7.67. The second-order valence-corrected chi connectivity index (χ2v) is 10.3. The number of hydrogen-bond acceptors (Lipinski definition) is 6. The first kappa shape index (κ1) is 25.1. The van der Waals surface area contributed by atoms with Gasteiger partial charge in [-0.3, -0.25) is 5.10 Å². The summed E-state index contributed by atoms with van der Waals surface area (Å²) in [5, 5.41) is 21.0. The fourth-order valence-corrected chi connectivity index (χ4v) is 4.30. The van der Waals surface area contributed by atoms with E-state index in [4.69, 9.17) is 14.2 Å². The van der Waals surface area contributed by atoms with E-state index >= 15 is 0 Å². The van der Waals surface area contributed by atoms with E-state index in [2.05, 4.69) is 66.6 Å². The van der Waals surface area contributed by atoms with Crippen molar-refractivity contribution in [2.24, 2.45) is 5.41 Å². The van der Waals surface area contributed by atoms with E-state index in [0.29, 0.717) is 19.3 Å². The van der Waals surface area contributed by atoms with Gasteiger partial charge in [0.15, 0.2) is 11.5 Å². The van der Waals surface area contributed by atoms with E-state index in [1.54, 1.807) is 0 Å². The predicted octanol–water partition coefficient (Wildman–Crippen LogP) is 4.76. The van der Waals surface area contributed by atoms with Crippen molar-refractivity contribution < 1.29 is 19.3 Å². The molecule has 0 fully saturated rings. The summed E-state index contributed by atoms with van der Waals surface area (Å²) in [5.74, 6) is 2.39. The predicted molar refractivity (Wildman–Crippen MR) is 137 cm³/mol. The van der Waals surface area contributed by atoms with Gasteiger partial charge in [-0.2, -0.15) is 0 Å². The van der Waals surface area contributed by atoms with Gasteiger partial charge in [-0.05, 0) is 56.6 Å². The molecule has 0 radical (unpaired) electrons. The SMILES string of the molecule is Cc1cc(C)cc(-c2[nH]nc(OCC(C)(C)CO)c2[C@H](C)CNCCc2ccc3c(c2)OCO3)c1. The number of fused-ring (bicyclic) bond motifs is 1. The summed E-state index contributed by atoms with van der Waals surface area (Å²) < 4.78 is 17.0. The Balaban J connectivity index is 1.47. The molecule has 2 aromatic carbocycles. The maximum absolute atomic E-state index is 9.65. The van der Waals surface area contributed by atoms with Crippen LogP contribution in [0.3, 0.4) is 0 Å². The van der Waals surface area contributed by atoms with E-state index < -0.39 is 0 Å². The Labute approximate surface area is 207 Å². The minimum atomic E-state index is -0.345. The van der Waals surface area contributed by atoms with Crippen LogP contribution in [-0.2, 0) is 6.42 Å². The van der Waals surface area contributed by atoms with Crippen molar-refractivity contribution >= 4 is 0 Å². The molecule has 0 saturated heterocycles. The Hall–Kier alpha value is -3.03. The van der Waals surface area contributed by atoms with Crippen LogP contribution in [0.2, 0.25) is 0 Å². The van der Waals surface area contributed by atoms with Gasteiger partial charge in [-0.1, -0.05) is 44.0 Å². The van der Waals surface area contributed by atoms with Crippen LogP contribution in [0.5, 0.6) is 17.4 Å².